The Hall–Kier alpha value is -1.94. The second-order valence-electron chi connectivity index (χ2n) is 5.45. The van der Waals surface area contributed by atoms with Crippen molar-refractivity contribution in [2.24, 2.45) is 4.99 Å². The molecule has 0 fully saturated rings. The Bertz CT molecular complexity index is 827. The number of hydrogen-bond donors (Lipinski definition) is 2. The fourth-order valence-electron chi connectivity index (χ4n) is 2.45. The monoisotopic (exact) mass is 482 g/mol. The van der Waals surface area contributed by atoms with Crippen LogP contribution in [-0.4, -0.2) is 27.8 Å². The van der Waals surface area contributed by atoms with Crippen LogP contribution in [0, 0.1) is 0 Å². The number of benzene rings is 1. The van der Waals surface area contributed by atoms with Gasteiger partial charge in [-0.15, -0.1) is 45.5 Å². The van der Waals surface area contributed by atoms with Crippen LogP contribution in [0.5, 0.6) is 0 Å². The Kier molecular flexibility index (Phi) is 8.05. The number of nitrogens with one attached hydrogen (secondary N) is 2. The van der Waals surface area contributed by atoms with Gasteiger partial charge in [-0.3, -0.25) is 9.56 Å². The topological polar surface area (TPSA) is 67.1 Å². The van der Waals surface area contributed by atoms with E-state index in [2.05, 4.69) is 44.9 Å². The molecule has 0 radical (unpaired) electrons. The summed E-state index contributed by atoms with van der Waals surface area (Å²) >= 11 is 1.83. The average Bonchev–Trinajstić information content (AvgIpc) is 3.31. The van der Waals surface area contributed by atoms with Crippen LogP contribution in [0.1, 0.15) is 22.5 Å². The first-order valence-electron chi connectivity index (χ1n) is 8.26. The molecule has 0 amide bonds. The number of aromatic nitrogens is 3. The molecule has 0 saturated carbocycles. The lowest BCUT2D eigenvalue weighted by Crippen LogP contribution is -2.36. The van der Waals surface area contributed by atoms with Gasteiger partial charge in [-0.1, -0.05) is 25.1 Å². The van der Waals surface area contributed by atoms with E-state index in [1.807, 2.05) is 46.2 Å². The number of hydrogen-bond acceptors (Lipinski definition) is 4. The number of aryl methyl sites for hydroxylation is 1. The van der Waals surface area contributed by atoms with Gasteiger partial charge in [-0.2, -0.15) is 0 Å². The molecule has 0 atom stereocenters. The van der Waals surface area contributed by atoms with Gasteiger partial charge < -0.3 is 10.6 Å². The van der Waals surface area contributed by atoms with E-state index in [0.29, 0.717) is 6.54 Å². The highest BCUT2D eigenvalue weighted by Crippen LogP contribution is 2.16. The second kappa shape index (κ2) is 10.3. The molecule has 0 spiro atoms. The van der Waals surface area contributed by atoms with Gasteiger partial charge in [0.25, 0.3) is 0 Å². The summed E-state index contributed by atoms with van der Waals surface area (Å²) in [5.41, 5.74) is 1.04. The Morgan fingerprint density at radius 2 is 1.81 bits per heavy atom. The predicted molar refractivity (Wildman–Crippen MR) is 118 cm³/mol. The first kappa shape index (κ1) is 20.4. The van der Waals surface area contributed by atoms with Crippen molar-refractivity contribution in [1.82, 2.24) is 25.4 Å². The van der Waals surface area contributed by atoms with Crippen molar-refractivity contribution in [3.8, 4) is 5.69 Å². The van der Waals surface area contributed by atoms with E-state index in [0.717, 1.165) is 30.4 Å². The third kappa shape index (κ3) is 5.28. The number of aliphatic imine (C=N–C) groups is 1. The van der Waals surface area contributed by atoms with Crippen LogP contribution in [0.25, 0.3) is 5.69 Å². The fraction of sp³-hybridized carbons (Fsp3) is 0.278. The molecule has 2 heterocycles. The first-order chi connectivity index (χ1) is 12.3. The van der Waals surface area contributed by atoms with Crippen molar-refractivity contribution in [2.75, 3.05) is 7.05 Å². The van der Waals surface area contributed by atoms with Gasteiger partial charge in [0.15, 0.2) is 11.8 Å². The highest BCUT2D eigenvalue weighted by molar-refractivity contribution is 14.0. The van der Waals surface area contributed by atoms with Crippen LogP contribution in [-0.2, 0) is 19.5 Å². The highest BCUT2D eigenvalue weighted by Gasteiger charge is 2.07. The largest absolute Gasteiger partial charge is 0.352 e. The van der Waals surface area contributed by atoms with E-state index in [1.54, 1.807) is 13.4 Å². The molecule has 138 valence electrons. The lowest BCUT2D eigenvalue weighted by atomic mass is 10.3. The lowest BCUT2D eigenvalue weighted by molar-refractivity contribution is 0.756. The molecule has 0 aliphatic rings. The molecule has 0 bridgehead atoms. The molecule has 3 aromatic rings. The van der Waals surface area contributed by atoms with E-state index < -0.39 is 0 Å². The van der Waals surface area contributed by atoms with Crippen molar-refractivity contribution in [1.29, 1.82) is 0 Å². The smallest absolute Gasteiger partial charge is 0.191 e. The number of rotatable bonds is 6. The maximum atomic E-state index is 4.27. The molecule has 0 aliphatic carbocycles. The molecule has 8 heteroatoms. The number of nitrogens with zero attached hydrogens (tertiary/aromatic N) is 4. The third-order valence-corrected chi connectivity index (χ3v) is 5.02. The summed E-state index contributed by atoms with van der Waals surface area (Å²) in [6, 6.07) is 14.4. The quantitative estimate of drug-likeness (QED) is 0.321. The number of halogens is 1. The summed E-state index contributed by atoms with van der Waals surface area (Å²) in [7, 11) is 1.77. The van der Waals surface area contributed by atoms with Crippen LogP contribution in [0.15, 0.2) is 53.8 Å². The van der Waals surface area contributed by atoms with Gasteiger partial charge in [0, 0.05) is 22.5 Å². The molecular weight excluding hydrogens is 459 g/mol. The molecule has 26 heavy (non-hydrogen) atoms. The maximum Gasteiger partial charge on any atom is 0.191 e. The SMILES string of the molecule is CCc1ccc(CNC(=NC)NCc2nncn2-c2ccccc2)s1.I. The third-order valence-electron chi connectivity index (χ3n) is 3.79. The predicted octanol–water partition coefficient (Wildman–Crippen LogP) is 3.37. The van der Waals surface area contributed by atoms with Crippen molar-refractivity contribution in [3.05, 3.63) is 64.4 Å². The molecule has 6 nitrogen and oxygen atoms in total. The lowest BCUT2D eigenvalue weighted by Gasteiger charge is -2.12. The molecule has 0 aliphatic heterocycles. The summed E-state index contributed by atoms with van der Waals surface area (Å²) in [5, 5.41) is 14.9. The van der Waals surface area contributed by atoms with E-state index in [4.69, 9.17) is 0 Å². The molecule has 1 aromatic carbocycles. The second-order valence-corrected chi connectivity index (χ2v) is 6.71. The number of thiophene rings is 1. The minimum atomic E-state index is 0. The summed E-state index contributed by atoms with van der Waals surface area (Å²) in [6.07, 6.45) is 2.80. The molecular formula is C18H23IN6S. The van der Waals surface area contributed by atoms with Gasteiger partial charge in [0.2, 0.25) is 0 Å². The Morgan fingerprint density at radius 1 is 1.08 bits per heavy atom. The summed E-state index contributed by atoms with van der Waals surface area (Å²) in [5.74, 6) is 1.58. The highest BCUT2D eigenvalue weighted by atomic mass is 127. The summed E-state index contributed by atoms with van der Waals surface area (Å²) in [6.45, 7) is 3.47. The van der Waals surface area contributed by atoms with Gasteiger partial charge in [-0.25, -0.2) is 0 Å². The van der Waals surface area contributed by atoms with Crippen LogP contribution >= 0.6 is 35.3 Å². The van der Waals surface area contributed by atoms with Crippen LogP contribution < -0.4 is 10.6 Å². The Labute approximate surface area is 174 Å². The van der Waals surface area contributed by atoms with Crippen molar-refractivity contribution in [2.45, 2.75) is 26.4 Å². The maximum absolute atomic E-state index is 4.27. The van der Waals surface area contributed by atoms with Crippen molar-refractivity contribution >= 4 is 41.3 Å². The van der Waals surface area contributed by atoms with Crippen LogP contribution in [0.3, 0.4) is 0 Å². The van der Waals surface area contributed by atoms with E-state index >= 15 is 0 Å². The molecule has 2 aromatic heterocycles. The van der Waals surface area contributed by atoms with Gasteiger partial charge in [0.05, 0.1) is 13.1 Å². The summed E-state index contributed by atoms with van der Waals surface area (Å²) < 4.78 is 1.97. The average molecular weight is 482 g/mol. The zero-order valence-electron chi connectivity index (χ0n) is 14.8. The Morgan fingerprint density at radius 3 is 2.50 bits per heavy atom. The minimum Gasteiger partial charge on any atom is -0.352 e. The normalized spacial score (nSPS) is 11.1. The zero-order chi connectivity index (χ0) is 17.5. The van der Waals surface area contributed by atoms with Crippen LogP contribution in [0.4, 0.5) is 0 Å². The van der Waals surface area contributed by atoms with Gasteiger partial charge in [-0.05, 0) is 30.7 Å². The van der Waals surface area contributed by atoms with E-state index in [-0.39, 0.29) is 24.0 Å². The number of guanidine groups is 1. The zero-order valence-corrected chi connectivity index (χ0v) is 18.0. The molecule has 2 N–H and O–H groups in total. The van der Waals surface area contributed by atoms with E-state index in [1.165, 1.54) is 9.75 Å². The van der Waals surface area contributed by atoms with Crippen molar-refractivity contribution in [3.63, 3.8) is 0 Å². The molecule has 0 unspecified atom stereocenters. The standard InChI is InChI=1S/C18H22N6S.HI/c1-3-15-9-10-16(25-15)11-20-18(19-2)21-12-17-23-22-13-24(17)14-7-5-4-6-8-14;/h4-10,13H,3,11-12H2,1-2H3,(H2,19,20,21);1H. The minimum absolute atomic E-state index is 0. The summed E-state index contributed by atoms with van der Waals surface area (Å²) in [4.78, 5) is 6.97. The molecule has 0 saturated heterocycles. The first-order valence-corrected chi connectivity index (χ1v) is 9.08. The van der Waals surface area contributed by atoms with Crippen LogP contribution in [0.2, 0.25) is 0 Å². The van der Waals surface area contributed by atoms with Gasteiger partial charge in [0.1, 0.15) is 6.33 Å². The van der Waals surface area contributed by atoms with Gasteiger partial charge >= 0.3 is 0 Å². The van der Waals surface area contributed by atoms with Crippen molar-refractivity contribution < 1.29 is 0 Å². The Balaban J connectivity index is 0.00000243. The number of para-hydroxylation sites is 1. The van der Waals surface area contributed by atoms with E-state index in [9.17, 15) is 0 Å². The fourth-order valence-corrected chi connectivity index (χ4v) is 3.34. The molecule has 3 rings (SSSR count).